The van der Waals surface area contributed by atoms with Crippen LogP contribution in [0.3, 0.4) is 0 Å². The lowest BCUT2D eigenvalue weighted by Gasteiger charge is -2.35. The lowest BCUT2D eigenvalue weighted by molar-refractivity contribution is -0.143. The van der Waals surface area contributed by atoms with E-state index in [1.165, 1.54) is 36.9 Å². The summed E-state index contributed by atoms with van der Waals surface area (Å²) < 4.78 is 5.09. The average Bonchev–Trinajstić information content (AvgIpc) is 3.12. The molecule has 32 heavy (non-hydrogen) atoms. The minimum atomic E-state index is -0.832. The largest absolute Gasteiger partial charge is 0.466 e. The minimum absolute atomic E-state index is 0.00463. The van der Waals surface area contributed by atoms with Crippen LogP contribution < -0.4 is 10.4 Å². The highest BCUT2D eigenvalue weighted by atomic mass is 32.1. The summed E-state index contributed by atoms with van der Waals surface area (Å²) in [6.45, 7) is 4.81. The van der Waals surface area contributed by atoms with Gasteiger partial charge in [-0.1, -0.05) is 36.8 Å². The van der Waals surface area contributed by atoms with Crippen molar-refractivity contribution >= 4 is 41.1 Å². The number of amides is 1. The summed E-state index contributed by atoms with van der Waals surface area (Å²) in [6.07, 6.45) is 7.00. The molecule has 5 nitrogen and oxygen atoms in total. The van der Waals surface area contributed by atoms with Gasteiger partial charge in [-0.2, -0.15) is 0 Å². The van der Waals surface area contributed by atoms with Crippen LogP contribution in [0.25, 0.3) is 17.7 Å². The number of piperidine rings is 1. The van der Waals surface area contributed by atoms with Crippen molar-refractivity contribution in [2.24, 2.45) is 0 Å². The Morgan fingerprint density at radius 3 is 2.62 bits per heavy atom. The van der Waals surface area contributed by atoms with Crippen molar-refractivity contribution < 1.29 is 19.4 Å². The van der Waals surface area contributed by atoms with E-state index in [9.17, 15) is 14.7 Å². The Hall–Kier alpha value is -2.86. The van der Waals surface area contributed by atoms with E-state index in [1.54, 1.807) is 16.2 Å². The van der Waals surface area contributed by atoms with Gasteiger partial charge in [0.25, 0.3) is 0 Å². The van der Waals surface area contributed by atoms with E-state index in [2.05, 4.69) is 49.4 Å². The van der Waals surface area contributed by atoms with Crippen LogP contribution in [0.15, 0.2) is 35.9 Å². The monoisotopic (exact) mass is 451 g/mol. The lowest BCUT2D eigenvalue weighted by Crippen LogP contribution is -2.43. The first-order valence-electron chi connectivity index (χ1n) is 11.3. The summed E-state index contributed by atoms with van der Waals surface area (Å²) in [5, 5.41) is 11.9. The molecule has 2 aliphatic rings. The van der Waals surface area contributed by atoms with Crippen LogP contribution in [0, 0.1) is 0 Å². The van der Waals surface area contributed by atoms with Crippen molar-refractivity contribution in [1.82, 2.24) is 4.90 Å². The minimum Gasteiger partial charge on any atom is -0.466 e. The second-order valence-corrected chi connectivity index (χ2v) is 9.39. The van der Waals surface area contributed by atoms with Crippen molar-refractivity contribution in [3.63, 3.8) is 0 Å². The molecule has 2 aromatic rings. The maximum Gasteiger partial charge on any atom is 0.407 e. The first-order valence-corrected chi connectivity index (χ1v) is 12.1. The van der Waals surface area contributed by atoms with Crippen LogP contribution in [0.5, 0.6) is 0 Å². The van der Waals surface area contributed by atoms with E-state index in [-0.39, 0.29) is 12.0 Å². The van der Waals surface area contributed by atoms with Crippen molar-refractivity contribution in [3.05, 3.63) is 61.7 Å². The predicted molar refractivity (Wildman–Crippen MR) is 128 cm³/mol. The fourth-order valence-corrected chi connectivity index (χ4v) is 5.72. The molecule has 1 N–H and O–H groups in total. The smallest absolute Gasteiger partial charge is 0.407 e. The molecule has 4 rings (SSSR count). The summed E-state index contributed by atoms with van der Waals surface area (Å²) in [4.78, 5) is 27.5. The van der Waals surface area contributed by atoms with Crippen LogP contribution in [0.2, 0.25) is 0 Å². The van der Waals surface area contributed by atoms with Gasteiger partial charge in [0.05, 0.1) is 13.0 Å². The number of benzene rings is 1. The third kappa shape index (κ3) is 4.65. The fraction of sp³-hybridized carbons (Fsp3) is 0.385. The predicted octanol–water partition coefficient (Wildman–Crippen LogP) is 4.17. The summed E-state index contributed by atoms with van der Waals surface area (Å²) >= 11 is 1.73. The molecule has 168 valence electrons. The topological polar surface area (TPSA) is 66.8 Å². The zero-order valence-corrected chi connectivity index (χ0v) is 19.4. The number of allylic oxidation sites excluding steroid dienone is 1. The molecular weight excluding hydrogens is 422 g/mol. The zero-order chi connectivity index (χ0) is 22.7. The standard InChI is InChI=1S/C26H29NO4S/c1-3-20-13-19(11-12-27(20)26(29)30)22-14-17-7-5-6-8-18(17)15-24-23(22)16-21(32-24)9-10-25(28)31-4-2/h5-8,14-16,20H,3-4,9-13H2,1-2H3,(H,29,30). The summed E-state index contributed by atoms with van der Waals surface area (Å²) in [6, 6.07) is 10.6. The second kappa shape index (κ2) is 9.74. The van der Waals surface area contributed by atoms with Crippen LogP contribution in [0.4, 0.5) is 4.79 Å². The molecule has 0 spiro atoms. The van der Waals surface area contributed by atoms with Crippen LogP contribution >= 0.6 is 11.3 Å². The molecule has 1 saturated heterocycles. The molecule has 1 aliphatic carbocycles. The fourth-order valence-electron chi connectivity index (χ4n) is 4.59. The SMILES string of the molecule is CCOC(=O)CCc1cc2c(s1)C=c1ccccc1=CC2=C1CCN(C(=O)O)C(CC)C1. The molecule has 1 atom stereocenters. The van der Waals surface area contributed by atoms with Crippen LogP contribution in [-0.2, 0) is 16.0 Å². The highest BCUT2D eigenvalue weighted by Gasteiger charge is 2.29. The number of likely N-dealkylation sites (tertiary alicyclic amines) is 1. The van der Waals surface area contributed by atoms with Gasteiger partial charge >= 0.3 is 12.1 Å². The van der Waals surface area contributed by atoms with E-state index >= 15 is 0 Å². The van der Waals surface area contributed by atoms with Crippen molar-refractivity contribution in [3.8, 4) is 0 Å². The van der Waals surface area contributed by atoms with Crippen LogP contribution in [0.1, 0.15) is 54.8 Å². The van der Waals surface area contributed by atoms with E-state index in [4.69, 9.17) is 4.74 Å². The number of hydrogen-bond donors (Lipinski definition) is 1. The number of rotatable bonds is 5. The Kier molecular flexibility index (Phi) is 6.80. The van der Waals surface area contributed by atoms with Crippen molar-refractivity contribution in [2.75, 3.05) is 13.2 Å². The first kappa shape index (κ1) is 22.3. The summed E-state index contributed by atoms with van der Waals surface area (Å²) in [5.41, 5.74) is 3.72. The van der Waals surface area contributed by atoms with E-state index in [0.717, 1.165) is 19.3 Å². The molecule has 0 bridgehead atoms. The molecule has 1 fully saturated rings. The Bertz CT molecular complexity index is 1180. The van der Waals surface area contributed by atoms with E-state index in [1.807, 2.05) is 6.92 Å². The number of ether oxygens (including phenoxy) is 1. The summed E-state index contributed by atoms with van der Waals surface area (Å²) in [7, 11) is 0. The average molecular weight is 452 g/mol. The number of fused-ring (bicyclic) bond motifs is 2. The molecular formula is C26H29NO4S. The van der Waals surface area contributed by atoms with E-state index < -0.39 is 6.09 Å². The molecule has 1 unspecified atom stereocenters. The number of aryl methyl sites for hydroxylation is 1. The van der Waals surface area contributed by atoms with Gasteiger partial charge in [-0.15, -0.1) is 11.3 Å². The number of carboxylic acid groups (broad SMARTS) is 1. The van der Waals surface area contributed by atoms with Gasteiger partial charge in [0, 0.05) is 22.3 Å². The third-order valence-corrected chi connectivity index (χ3v) is 7.38. The van der Waals surface area contributed by atoms with Crippen molar-refractivity contribution in [2.45, 2.75) is 52.0 Å². The van der Waals surface area contributed by atoms with Gasteiger partial charge in [0.15, 0.2) is 0 Å². The molecule has 1 aromatic heterocycles. The van der Waals surface area contributed by atoms with Gasteiger partial charge in [-0.3, -0.25) is 4.79 Å². The normalized spacial score (nSPS) is 19.8. The van der Waals surface area contributed by atoms with Gasteiger partial charge in [0.1, 0.15) is 0 Å². The van der Waals surface area contributed by atoms with Crippen LogP contribution in [-0.4, -0.2) is 41.3 Å². The number of esters is 1. The Morgan fingerprint density at radius 1 is 1.19 bits per heavy atom. The number of nitrogens with zero attached hydrogens (tertiary/aromatic N) is 1. The highest BCUT2D eigenvalue weighted by molar-refractivity contribution is 7.13. The zero-order valence-electron chi connectivity index (χ0n) is 18.6. The Labute approximate surface area is 192 Å². The third-order valence-electron chi connectivity index (χ3n) is 6.24. The van der Waals surface area contributed by atoms with E-state index in [0.29, 0.717) is 26.0 Å². The molecule has 6 heteroatoms. The number of carbonyl (C=O) groups excluding carboxylic acids is 1. The summed E-state index contributed by atoms with van der Waals surface area (Å²) in [5.74, 6) is -0.164. The number of hydrogen-bond acceptors (Lipinski definition) is 4. The second-order valence-electron chi connectivity index (χ2n) is 8.22. The van der Waals surface area contributed by atoms with Gasteiger partial charge in [-0.25, -0.2) is 4.79 Å². The van der Waals surface area contributed by atoms with Crippen molar-refractivity contribution in [1.29, 1.82) is 0 Å². The molecule has 1 aromatic carbocycles. The molecule has 2 heterocycles. The molecule has 0 saturated carbocycles. The maximum atomic E-state index is 11.9. The Balaban J connectivity index is 1.76. The van der Waals surface area contributed by atoms with Gasteiger partial charge in [0.2, 0.25) is 0 Å². The van der Waals surface area contributed by atoms with Gasteiger partial charge in [-0.05, 0) is 72.4 Å². The Morgan fingerprint density at radius 2 is 1.94 bits per heavy atom. The highest BCUT2D eigenvalue weighted by Crippen LogP contribution is 2.37. The molecule has 1 aliphatic heterocycles. The molecule has 0 radical (unpaired) electrons. The van der Waals surface area contributed by atoms with Gasteiger partial charge < -0.3 is 14.7 Å². The quantitative estimate of drug-likeness (QED) is 0.693. The maximum absolute atomic E-state index is 11.9. The lowest BCUT2D eigenvalue weighted by atomic mass is 9.88. The molecule has 1 amide bonds. The number of thiophene rings is 1. The number of carbonyl (C=O) groups is 2. The first-order chi connectivity index (χ1) is 15.5.